The van der Waals surface area contributed by atoms with Crippen LogP contribution in [0.2, 0.25) is 0 Å². The summed E-state index contributed by atoms with van der Waals surface area (Å²) < 4.78 is 10.8. The van der Waals surface area contributed by atoms with E-state index in [1.165, 1.54) is 30.3 Å². The van der Waals surface area contributed by atoms with Crippen LogP contribution in [0.25, 0.3) is 6.08 Å². The number of aliphatic hydroxyl groups excluding tert-OH is 4. The number of allylic oxidation sites excluding steroid dienone is 1. The van der Waals surface area contributed by atoms with Gasteiger partial charge < -0.3 is 29.9 Å². The van der Waals surface area contributed by atoms with Gasteiger partial charge in [-0.15, -0.1) is 0 Å². The first kappa shape index (κ1) is 22.5. The second kappa shape index (κ2) is 9.77. The maximum Gasteiger partial charge on any atom is 0.269 e. The zero-order chi connectivity index (χ0) is 22.5. The Hall–Kier alpha value is -3.15. The molecule has 5 atom stereocenters. The van der Waals surface area contributed by atoms with Crippen molar-refractivity contribution in [2.24, 2.45) is 0 Å². The van der Waals surface area contributed by atoms with Crippen LogP contribution in [0.15, 0.2) is 54.6 Å². The van der Waals surface area contributed by atoms with E-state index in [2.05, 4.69) is 0 Å². The van der Waals surface area contributed by atoms with E-state index in [0.717, 1.165) is 0 Å². The van der Waals surface area contributed by atoms with Crippen molar-refractivity contribution >= 4 is 17.5 Å². The van der Waals surface area contributed by atoms with E-state index in [4.69, 9.17) is 9.47 Å². The van der Waals surface area contributed by atoms with Gasteiger partial charge >= 0.3 is 0 Å². The van der Waals surface area contributed by atoms with Gasteiger partial charge in [0, 0.05) is 17.7 Å². The summed E-state index contributed by atoms with van der Waals surface area (Å²) in [5.41, 5.74) is 0.872. The van der Waals surface area contributed by atoms with Gasteiger partial charge in [-0.3, -0.25) is 14.9 Å². The predicted octanol–water partition coefficient (Wildman–Crippen LogP) is 0.670. The highest BCUT2D eigenvalue weighted by Gasteiger charge is 2.44. The zero-order valence-corrected chi connectivity index (χ0v) is 16.1. The Morgan fingerprint density at radius 2 is 1.68 bits per heavy atom. The fourth-order valence-corrected chi connectivity index (χ4v) is 2.97. The third-order valence-electron chi connectivity index (χ3n) is 4.77. The van der Waals surface area contributed by atoms with Crippen LogP contribution < -0.4 is 4.74 Å². The summed E-state index contributed by atoms with van der Waals surface area (Å²) in [5.74, 6) is -0.0280. The lowest BCUT2D eigenvalue weighted by molar-refractivity contribution is -0.384. The van der Waals surface area contributed by atoms with Crippen LogP contribution in [0.4, 0.5) is 5.69 Å². The van der Waals surface area contributed by atoms with Gasteiger partial charge in [0.1, 0.15) is 30.2 Å². The summed E-state index contributed by atoms with van der Waals surface area (Å²) in [7, 11) is 0. The van der Waals surface area contributed by atoms with Gasteiger partial charge in [0.05, 0.1) is 11.5 Å². The molecule has 0 spiro atoms. The van der Waals surface area contributed by atoms with E-state index in [1.54, 1.807) is 30.3 Å². The number of aliphatic hydroxyl groups is 4. The van der Waals surface area contributed by atoms with Gasteiger partial charge in [0.15, 0.2) is 5.78 Å². The molecule has 0 unspecified atom stereocenters. The van der Waals surface area contributed by atoms with Gasteiger partial charge in [-0.05, 0) is 35.9 Å². The lowest BCUT2D eigenvalue weighted by Crippen LogP contribution is -2.60. The van der Waals surface area contributed by atoms with E-state index in [-0.39, 0.29) is 11.5 Å². The number of ketones is 1. The Labute approximate surface area is 176 Å². The van der Waals surface area contributed by atoms with Crippen LogP contribution in [-0.2, 0) is 4.74 Å². The molecule has 1 fully saturated rings. The Morgan fingerprint density at radius 1 is 1.03 bits per heavy atom. The molecule has 4 N–H and O–H groups in total. The second-order valence-corrected chi connectivity index (χ2v) is 6.89. The first-order valence-corrected chi connectivity index (χ1v) is 9.34. The maximum absolute atomic E-state index is 12.2. The number of nitro benzene ring substituents is 1. The predicted molar refractivity (Wildman–Crippen MR) is 107 cm³/mol. The van der Waals surface area contributed by atoms with Crippen molar-refractivity contribution in [2.45, 2.75) is 30.7 Å². The standard InChI is InChI=1S/C21H21NO9/c23-11-17-18(25)19(26)20(27)21(31-17)30-15-8-1-12(2-9-15)3-10-16(24)13-4-6-14(7-5-13)22(28)29/h1-10,17-21,23,25-27H,11H2/b10-3+/t17-,18-,19-,20-,21-/m1/s1. The first-order chi connectivity index (χ1) is 14.8. The molecule has 1 heterocycles. The van der Waals surface area contributed by atoms with Crippen molar-refractivity contribution in [3.63, 3.8) is 0 Å². The molecule has 0 aliphatic carbocycles. The van der Waals surface area contributed by atoms with Crippen molar-refractivity contribution in [2.75, 3.05) is 6.61 Å². The van der Waals surface area contributed by atoms with Gasteiger partial charge in [0.25, 0.3) is 5.69 Å². The van der Waals surface area contributed by atoms with Crippen LogP contribution in [0.5, 0.6) is 5.75 Å². The molecule has 0 bridgehead atoms. The van der Waals surface area contributed by atoms with Crippen LogP contribution in [-0.4, -0.2) is 68.4 Å². The largest absolute Gasteiger partial charge is 0.462 e. The van der Waals surface area contributed by atoms with Crippen LogP contribution >= 0.6 is 0 Å². The summed E-state index contributed by atoms with van der Waals surface area (Å²) in [6, 6.07) is 11.6. The molecule has 2 aromatic carbocycles. The normalized spacial score (nSPS) is 26.0. The van der Waals surface area contributed by atoms with Crippen molar-refractivity contribution in [3.8, 4) is 5.75 Å². The quantitative estimate of drug-likeness (QED) is 0.214. The monoisotopic (exact) mass is 431 g/mol. The summed E-state index contributed by atoms with van der Waals surface area (Å²) in [5, 5.41) is 49.5. The Kier molecular flexibility index (Phi) is 7.10. The SMILES string of the molecule is O=C(/C=C/c1ccc(O[C@@H]2O[C@H](CO)[C@@H](O)[C@@H](O)[C@H]2O)cc1)c1ccc([N+](=O)[O-])cc1. The molecule has 0 radical (unpaired) electrons. The number of nitrogens with zero attached hydrogens (tertiary/aromatic N) is 1. The summed E-state index contributed by atoms with van der Waals surface area (Å²) in [6.07, 6.45) is -4.01. The number of carbonyl (C=O) groups is 1. The van der Waals surface area contributed by atoms with E-state index >= 15 is 0 Å². The van der Waals surface area contributed by atoms with E-state index in [9.17, 15) is 35.3 Å². The molecule has 2 aromatic rings. The Morgan fingerprint density at radius 3 is 2.26 bits per heavy atom. The fourth-order valence-electron chi connectivity index (χ4n) is 2.97. The minimum atomic E-state index is -1.54. The van der Waals surface area contributed by atoms with Gasteiger partial charge in [-0.1, -0.05) is 18.2 Å². The van der Waals surface area contributed by atoms with Gasteiger partial charge in [-0.25, -0.2) is 0 Å². The molecular weight excluding hydrogens is 410 g/mol. The number of hydrogen-bond donors (Lipinski definition) is 4. The minimum absolute atomic E-state index is 0.101. The van der Waals surface area contributed by atoms with Crippen LogP contribution in [0, 0.1) is 10.1 Å². The molecule has 3 rings (SSSR count). The molecule has 164 valence electrons. The third kappa shape index (κ3) is 5.32. The molecule has 1 aliphatic heterocycles. The number of non-ortho nitro benzene ring substituents is 1. The number of ether oxygens (including phenoxy) is 2. The minimum Gasteiger partial charge on any atom is -0.462 e. The number of nitro groups is 1. The highest BCUT2D eigenvalue weighted by atomic mass is 16.7. The average molecular weight is 431 g/mol. The number of benzene rings is 2. The molecule has 0 amide bonds. The molecule has 10 heteroatoms. The molecule has 1 aliphatic rings. The number of carbonyl (C=O) groups excluding carboxylic acids is 1. The maximum atomic E-state index is 12.2. The summed E-state index contributed by atoms with van der Waals surface area (Å²) in [6.45, 7) is -0.558. The molecular formula is C21H21NO9. The third-order valence-corrected chi connectivity index (χ3v) is 4.77. The number of hydrogen-bond acceptors (Lipinski definition) is 9. The second-order valence-electron chi connectivity index (χ2n) is 6.89. The molecule has 10 nitrogen and oxygen atoms in total. The zero-order valence-electron chi connectivity index (χ0n) is 16.1. The van der Waals surface area contributed by atoms with Crippen molar-refractivity contribution in [1.29, 1.82) is 0 Å². The number of rotatable bonds is 7. The Balaban J connectivity index is 1.62. The lowest BCUT2D eigenvalue weighted by Gasteiger charge is -2.39. The lowest BCUT2D eigenvalue weighted by atomic mass is 9.99. The van der Waals surface area contributed by atoms with Crippen molar-refractivity contribution in [1.82, 2.24) is 0 Å². The average Bonchev–Trinajstić information content (AvgIpc) is 2.78. The summed E-state index contributed by atoms with van der Waals surface area (Å²) in [4.78, 5) is 22.3. The smallest absolute Gasteiger partial charge is 0.269 e. The van der Waals surface area contributed by atoms with Crippen molar-refractivity contribution < 1.29 is 39.6 Å². The topological polar surface area (TPSA) is 160 Å². The van der Waals surface area contributed by atoms with E-state index in [0.29, 0.717) is 16.9 Å². The van der Waals surface area contributed by atoms with E-state index in [1.807, 2.05) is 0 Å². The first-order valence-electron chi connectivity index (χ1n) is 9.34. The van der Waals surface area contributed by atoms with Crippen molar-refractivity contribution in [3.05, 3.63) is 75.8 Å². The van der Waals surface area contributed by atoms with E-state index < -0.39 is 42.2 Å². The van der Waals surface area contributed by atoms with Gasteiger partial charge in [-0.2, -0.15) is 0 Å². The molecule has 1 saturated heterocycles. The molecule has 31 heavy (non-hydrogen) atoms. The molecule has 0 saturated carbocycles. The summed E-state index contributed by atoms with van der Waals surface area (Å²) >= 11 is 0. The highest BCUT2D eigenvalue weighted by molar-refractivity contribution is 6.06. The van der Waals surface area contributed by atoms with Crippen LogP contribution in [0.1, 0.15) is 15.9 Å². The van der Waals surface area contributed by atoms with Gasteiger partial charge in [0.2, 0.25) is 6.29 Å². The van der Waals surface area contributed by atoms with Crippen LogP contribution in [0.3, 0.4) is 0 Å². The Bertz CT molecular complexity index is 940. The molecule has 0 aromatic heterocycles. The fraction of sp³-hybridized carbons (Fsp3) is 0.286. The highest BCUT2D eigenvalue weighted by Crippen LogP contribution is 2.24.